The average molecular weight is 306 g/mol. The van der Waals surface area contributed by atoms with Crippen molar-refractivity contribution >= 4 is 15.9 Å². The van der Waals surface area contributed by atoms with E-state index in [1.807, 2.05) is 12.1 Å². The van der Waals surface area contributed by atoms with E-state index in [1.54, 1.807) is 0 Å². The number of halogens is 1. The highest BCUT2D eigenvalue weighted by Gasteiger charge is 2.28. The molecule has 3 rings (SSSR count). The van der Waals surface area contributed by atoms with E-state index in [2.05, 4.69) is 40.2 Å². The lowest BCUT2D eigenvalue weighted by molar-refractivity contribution is 0.387. The van der Waals surface area contributed by atoms with Crippen LogP contribution < -0.4 is 5.73 Å². The normalized spacial score (nSPS) is 20.4. The van der Waals surface area contributed by atoms with E-state index in [9.17, 15) is 0 Å². The minimum Gasteiger partial charge on any atom is -0.453 e. The Balaban J connectivity index is 1.94. The van der Waals surface area contributed by atoms with Crippen molar-refractivity contribution in [2.75, 3.05) is 0 Å². The van der Waals surface area contributed by atoms with Gasteiger partial charge in [-0.3, -0.25) is 0 Å². The van der Waals surface area contributed by atoms with Crippen molar-refractivity contribution in [2.45, 2.75) is 31.2 Å². The molecule has 0 bridgehead atoms. The van der Waals surface area contributed by atoms with Crippen LogP contribution in [0.1, 0.15) is 41.7 Å². The molecule has 1 aliphatic rings. The number of hydrogen-bond acceptors (Lipinski definition) is 2. The number of rotatable bonds is 2. The molecular formula is C15H16BrNO. The second-order valence-electron chi connectivity index (χ2n) is 4.87. The number of aryl methyl sites for hydroxylation is 1. The number of benzene rings is 1. The molecule has 0 saturated carbocycles. The molecule has 2 N–H and O–H groups in total. The minimum absolute atomic E-state index is 0.0576. The van der Waals surface area contributed by atoms with Gasteiger partial charge in [-0.1, -0.05) is 24.3 Å². The van der Waals surface area contributed by atoms with Gasteiger partial charge < -0.3 is 10.2 Å². The van der Waals surface area contributed by atoms with Crippen molar-refractivity contribution in [3.8, 4) is 0 Å². The lowest BCUT2D eigenvalue weighted by Gasteiger charge is -2.29. The Morgan fingerprint density at radius 3 is 2.83 bits per heavy atom. The monoisotopic (exact) mass is 305 g/mol. The Morgan fingerprint density at radius 1 is 1.22 bits per heavy atom. The van der Waals surface area contributed by atoms with E-state index >= 15 is 0 Å². The molecule has 0 amide bonds. The van der Waals surface area contributed by atoms with Crippen molar-refractivity contribution in [3.05, 3.63) is 58.0 Å². The van der Waals surface area contributed by atoms with Crippen LogP contribution in [0.4, 0.5) is 0 Å². The fraction of sp³-hybridized carbons (Fsp3) is 0.333. The lowest BCUT2D eigenvalue weighted by Crippen LogP contribution is -2.23. The summed E-state index contributed by atoms with van der Waals surface area (Å²) in [4.78, 5) is 0. The topological polar surface area (TPSA) is 39.2 Å². The summed E-state index contributed by atoms with van der Waals surface area (Å²) in [5.41, 5.74) is 9.22. The van der Waals surface area contributed by atoms with Crippen molar-refractivity contribution in [2.24, 2.45) is 5.73 Å². The molecule has 1 aromatic heterocycles. The van der Waals surface area contributed by atoms with Gasteiger partial charge in [0.25, 0.3) is 0 Å². The lowest BCUT2D eigenvalue weighted by atomic mass is 9.78. The number of fused-ring (bicyclic) bond motifs is 1. The number of furan rings is 1. The summed E-state index contributed by atoms with van der Waals surface area (Å²) in [6.45, 7) is 0. The molecule has 2 atom stereocenters. The Bertz CT molecular complexity index is 549. The van der Waals surface area contributed by atoms with Gasteiger partial charge in [-0.2, -0.15) is 0 Å². The van der Waals surface area contributed by atoms with Crippen molar-refractivity contribution in [1.82, 2.24) is 0 Å². The first-order valence-corrected chi connectivity index (χ1v) is 7.13. The van der Waals surface area contributed by atoms with E-state index in [0.29, 0.717) is 5.92 Å². The maximum absolute atomic E-state index is 6.38. The van der Waals surface area contributed by atoms with Crippen LogP contribution in [0.3, 0.4) is 0 Å². The standard InChI is InChI=1S/C15H16BrNO/c16-14-9-8-13(18-14)15(17)12-7-3-5-10-4-1-2-6-11(10)12/h1-2,4,6,8-9,12,15H,3,5,7,17H2. The maximum Gasteiger partial charge on any atom is 0.169 e. The fourth-order valence-electron chi connectivity index (χ4n) is 2.87. The molecule has 94 valence electrons. The highest BCUT2D eigenvalue weighted by atomic mass is 79.9. The third-order valence-electron chi connectivity index (χ3n) is 3.77. The van der Waals surface area contributed by atoms with Crippen LogP contribution >= 0.6 is 15.9 Å². The third-order valence-corrected chi connectivity index (χ3v) is 4.20. The Kier molecular flexibility index (Phi) is 3.27. The summed E-state index contributed by atoms with van der Waals surface area (Å²) in [5, 5.41) is 0. The molecule has 2 nitrogen and oxygen atoms in total. The third kappa shape index (κ3) is 2.13. The zero-order valence-electron chi connectivity index (χ0n) is 10.1. The molecule has 0 saturated heterocycles. The minimum atomic E-state index is -0.0576. The summed E-state index contributed by atoms with van der Waals surface area (Å²) in [6.07, 6.45) is 3.51. The Hall–Kier alpha value is -1.06. The molecule has 0 radical (unpaired) electrons. The molecule has 0 aliphatic heterocycles. The summed E-state index contributed by atoms with van der Waals surface area (Å²) in [7, 11) is 0. The summed E-state index contributed by atoms with van der Waals surface area (Å²) in [6, 6.07) is 12.4. The molecular weight excluding hydrogens is 290 g/mol. The second kappa shape index (κ2) is 4.90. The summed E-state index contributed by atoms with van der Waals surface area (Å²) < 4.78 is 6.35. The first-order valence-electron chi connectivity index (χ1n) is 6.34. The van der Waals surface area contributed by atoms with E-state index in [0.717, 1.165) is 16.9 Å². The fourth-order valence-corrected chi connectivity index (χ4v) is 3.19. The van der Waals surface area contributed by atoms with Gasteiger partial charge in [0.2, 0.25) is 0 Å². The van der Waals surface area contributed by atoms with Crippen LogP contribution in [-0.2, 0) is 6.42 Å². The molecule has 0 fully saturated rings. The molecule has 2 aromatic rings. The molecule has 3 heteroatoms. The summed E-state index contributed by atoms with van der Waals surface area (Å²) >= 11 is 3.33. The van der Waals surface area contributed by atoms with Gasteiger partial charge in [0, 0.05) is 5.92 Å². The SMILES string of the molecule is NC(c1ccc(Br)o1)C1CCCc2ccccc21. The highest BCUT2D eigenvalue weighted by molar-refractivity contribution is 9.10. The summed E-state index contributed by atoms with van der Waals surface area (Å²) in [5.74, 6) is 1.23. The van der Waals surface area contributed by atoms with Gasteiger partial charge >= 0.3 is 0 Å². The first-order chi connectivity index (χ1) is 8.75. The van der Waals surface area contributed by atoms with Crippen molar-refractivity contribution < 1.29 is 4.42 Å². The predicted molar refractivity (Wildman–Crippen MR) is 75.5 cm³/mol. The van der Waals surface area contributed by atoms with Crippen LogP contribution in [0, 0.1) is 0 Å². The quantitative estimate of drug-likeness (QED) is 0.904. The molecule has 1 aliphatic carbocycles. The largest absolute Gasteiger partial charge is 0.453 e. The Morgan fingerprint density at radius 2 is 2.06 bits per heavy atom. The van der Waals surface area contributed by atoms with Gasteiger partial charge in [0.05, 0.1) is 6.04 Å². The van der Waals surface area contributed by atoms with Crippen LogP contribution in [-0.4, -0.2) is 0 Å². The van der Waals surface area contributed by atoms with Gasteiger partial charge in [-0.25, -0.2) is 0 Å². The maximum atomic E-state index is 6.38. The van der Waals surface area contributed by atoms with Gasteiger partial charge in [0.15, 0.2) is 4.67 Å². The Labute approximate surface area is 115 Å². The number of nitrogens with two attached hydrogens (primary N) is 1. The van der Waals surface area contributed by atoms with Crippen LogP contribution in [0.2, 0.25) is 0 Å². The number of hydrogen-bond donors (Lipinski definition) is 1. The van der Waals surface area contributed by atoms with Crippen molar-refractivity contribution in [3.63, 3.8) is 0 Å². The average Bonchev–Trinajstić information content (AvgIpc) is 2.84. The zero-order chi connectivity index (χ0) is 12.5. The van der Waals surface area contributed by atoms with Gasteiger partial charge in [0.1, 0.15) is 5.76 Å². The van der Waals surface area contributed by atoms with E-state index in [1.165, 1.54) is 24.0 Å². The molecule has 2 unspecified atom stereocenters. The first kappa shape index (κ1) is 12.0. The highest BCUT2D eigenvalue weighted by Crippen LogP contribution is 2.39. The molecule has 1 aromatic carbocycles. The smallest absolute Gasteiger partial charge is 0.169 e. The van der Waals surface area contributed by atoms with Crippen LogP contribution in [0.15, 0.2) is 45.5 Å². The van der Waals surface area contributed by atoms with E-state index < -0.39 is 0 Å². The van der Waals surface area contributed by atoms with Crippen LogP contribution in [0.5, 0.6) is 0 Å². The van der Waals surface area contributed by atoms with Crippen LogP contribution in [0.25, 0.3) is 0 Å². The van der Waals surface area contributed by atoms with Crippen molar-refractivity contribution in [1.29, 1.82) is 0 Å². The van der Waals surface area contributed by atoms with E-state index in [4.69, 9.17) is 10.2 Å². The second-order valence-corrected chi connectivity index (χ2v) is 5.65. The van der Waals surface area contributed by atoms with Gasteiger partial charge in [-0.15, -0.1) is 0 Å². The van der Waals surface area contributed by atoms with E-state index in [-0.39, 0.29) is 6.04 Å². The van der Waals surface area contributed by atoms with Gasteiger partial charge in [-0.05, 0) is 58.5 Å². The molecule has 18 heavy (non-hydrogen) atoms. The molecule has 1 heterocycles. The molecule has 0 spiro atoms. The predicted octanol–water partition coefficient (Wildman–Crippen LogP) is 4.16. The zero-order valence-corrected chi connectivity index (χ0v) is 11.7.